The van der Waals surface area contributed by atoms with Crippen LogP contribution in [-0.4, -0.2) is 43.5 Å². The predicted octanol–water partition coefficient (Wildman–Crippen LogP) is 1.37. The highest BCUT2D eigenvalue weighted by molar-refractivity contribution is 6.02. The molecule has 24 heavy (non-hydrogen) atoms. The summed E-state index contributed by atoms with van der Waals surface area (Å²) in [4.78, 5) is 11.6. The van der Waals surface area contributed by atoms with Crippen molar-refractivity contribution in [2.45, 2.75) is 13.2 Å². The van der Waals surface area contributed by atoms with E-state index < -0.39 is 46.2 Å². The van der Waals surface area contributed by atoms with Crippen LogP contribution in [0.25, 0.3) is 11.1 Å². The van der Waals surface area contributed by atoms with Gasteiger partial charge in [-0.25, -0.2) is 0 Å². The molecule has 8 nitrogen and oxygen atoms in total. The second-order valence-corrected chi connectivity index (χ2v) is 5.02. The Hall–Kier alpha value is -2.97. The summed E-state index contributed by atoms with van der Waals surface area (Å²) in [6, 6.07) is 3.25. The molecule has 2 aromatic carbocycles. The number of phenolic OH excluding ortho intramolecular Hbond substituents is 4. The number of aliphatic hydroxyl groups excluding tert-OH is 1. The molecule has 6 N–H and O–H groups in total. The van der Waals surface area contributed by atoms with Gasteiger partial charge in [-0.3, -0.25) is 4.79 Å². The highest BCUT2D eigenvalue weighted by Crippen LogP contribution is 2.51. The first-order valence-electron chi connectivity index (χ1n) is 6.75. The summed E-state index contributed by atoms with van der Waals surface area (Å²) in [6.07, 6.45) is -2.14. The lowest BCUT2D eigenvalue weighted by Crippen LogP contribution is -2.04. The standard InChI is InChI=1S/C16H16O8/c1-6(17)7-5-9(19)15(21)13(14(7)20)11-8(18)3-4-10(24-2)12(11)16(22)23/h3-5,16,18-23H,1-2H3. The maximum Gasteiger partial charge on any atom is 0.182 e. The number of phenols is 4. The summed E-state index contributed by atoms with van der Waals surface area (Å²) in [5, 5.41) is 59.5. The lowest BCUT2D eigenvalue weighted by Gasteiger charge is -2.19. The molecule has 0 bridgehead atoms. The van der Waals surface area contributed by atoms with Crippen molar-refractivity contribution in [2.75, 3.05) is 7.11 Å². The Balaban J connectivity index is 2.99. The highest BCUT2D eigenvalue weighted by Gasteiger charge is 2.28. The smallest absolute Gasteiger partial charge is 0.182 e. The zero-order chi connectivity index (χ0) is 18.2. The van der Waals surface area contributed by atoms with Gasteiger partial charge in [0.25, 0.3) is 0 Å². The first kappa shape index (κ1) is 17.4. The number of methoxy groups -OCH3 is 1. The van der Waals surface area contributed by atoms with Gasteiger partial charge in [0.1, 0.15) is 17.2 Å². The number of Topliss-reactive ketones (excluding diaryl/α,β-unsaturated/α-hetero) is 1. The molecule has 8 heteroatoms. The monoisotopic (exact) mass is 336 g/mol. The lowest BCUT2D eigenvalue weighted by atomic mass is 9.92. The van der Waals surface area contributed by atoms with Gasteiger partial charge in [0.2, 0.25) is 0 Å². The van der Waals surface area contributed by atoms with Crippen molar-refractivity contribution in [3.8, 4) is 39.9 Å². The molecule has 0 spiro atoms. The predicted molar refractivity (Wildman–Crippen MR) is 82.3 cm³/mol. The van der Waals surface area contributed by atoms with Crippen LogP contribution in [0.4, 0.5) is 0 Å². The summed E-state index contributed by atoms with van der Waals surface area (Å²) < 4.78 is 4.99. The summed E-state index contributed by atoms with van der Waals surface area (Å²) in [5.41, 5.74) is -1.60. The number of hydrogen-bond donors (Lipinski definition) is 6. The normalized spacial score (nSPS) is 10.9. The Morgan fingerprint density at radius 3 is 2.12 bits per heavy atom. The molecule has 2 rings (SSSR count). The Morgan fingerprint density at radius 1 is 1.00 bits per heavy atom. The van der Waals surface area contributed by atoms with E-state index in [-0.39, 0.29) is 16.9 Å². The number of carbonyl (C=O) groups excluding carboxylic acids is 1. The molecule has 128 valence electrons. The molecule has 0 atom stereocenters. The topological polar surface area (TPSA) is 148 Å². The molecule has 0 aromatic heterocycles. The van der Waals surface area contributed by atoms with Crippen LogP contribution in [-0.2, 0) is 0 Å². The van der Waals surface area contributed by atoms with Crippen molar-refractivity contribution in [1.82, 2.24) is 0 Å². The Morgan fingerprint density at radius 2 is 1.62 bits per heavy atom. The first-order chi connectivity index (χ1) is 11.2. The van der Waals surface area contributed by atoms with Crippen LogP contribution in [0.5, 0.6) is 28.7 Å². The Kier molecular flexibility index (Phi) is 4.54. The van der Waals surface area contributed by atoms with E-state index in [4.69, 9.17) is 4.74 Å². The van der Waals surface area contributed by atoms with Crippen molar-refractivity contribution in [3.05, 3.63) is 29.3 Å². The third-order valence-corrected chi connectivity index (χ3v) is 3.54. The van der Waals surface area contributed by atoms with Crippen LogP contribution in [0.15, 0.2) is 18.2 Å². The van der Waals surface area contributed by atoms with Crippen molar-refractivity contribution in [2.24, 2.45) is 0 Å². The summed E-state index contributed by atoms with van der Waals surface area (Å²) in [6.45, 7) is 1.13. The van der Waals surface area contributed by atoms with E-state index in [1.54, 1.807) is 0 Å². The zero-order valence-corrected chi connectivity index (χ0v) is 12.8. The van der Waals surface area contributed by atoms with Gasteiger partial charge in [-0.15, -0.1) is 0 Å². The minimum Gasteiger partial charge on any atom is -0.507 e. The van der Waals surface area contributed by atoms with Crippen LogP contribution in [0, 0.1) is 0 Å². The lowest BCUT2D eigenvalue weighted by molar-refractivity contribution is -0.0435. The third kappa shape index (κ3) is 2.68. The second kappa shape index (κ2) is 6.26. The van der Waals surface area contributed by atoms with Crippen LogP contribution >= 0.6 is 0 Å². The van der Waals surface area contributed by atoms with Crippen molar-refractivity contribution in [1.29, 1.82) is 0 Å². The van der Waals surface area contributed by atoms with Gasteiger partial charge < -0.3 is 35.4 Å². The number of ether oxygens (including phenoxy) is 1. The molecule has 0 heterocycles. The number of hydrogen-bond acceptors (Lipinski definition) is 8. The van der Waals surface area contributed by atoms with E-state index in [0.29, 0.717) is 0 Å². The van der Waals surface area contributed by atoms with Gasteiger partial charge in [-0.05, 0) is 25.1 Å². The van der Waals surface area contributed by atoms with Gasteiger partial charge in [-0.2, -0.15) is 0 Å². The number of benzene rings is 2. The summed E-state index contributed by atoms with van der Waals surface area (Å²) in [5.74, 6) is -3.51. The average Bonchev–Trinajstić information content (AvgIpc) is 2.51. The third-order valence-electron chi connectivity index (χ3n) is 3.54. The number of carbonyl (C=O) groups is 1. The maximum atomic E-state index is 11.6. The number of ketones is 1. The SMILES string of the molecule is COc1ccc(O)c(-c2c(O)c(O)cc(C(C)=O)c2O)c1C(O)O. The Labute approximate surface area is 136 Å². The fourth-order valence-electron chi connectivity index (χ4n) is 2.44. The van der Waals surface area contributed by atoms with Crippen molar-refractivity contribution in [3.63, 3.8) is 0 Å². The quantitative estimate of drug-likeness (QED) is 0.212. The number of aromatic hydroxyl groups is 4. The molecule has 0 saturated carbocycles. The zero-order valence-electron chi connectivity index (χ0n) is 12.8. The molecule has 0 fully saturated rings. The number of rotatable bonds is 4. The van der Waals surface area contributed by atoms with Crippen LogP contribution < -0.4 is 4.74 Å². The fourth-order valence-corrected chi connectivity index (χ4v) is 2.44. The van der Waals surface area contributed by atoms with E-state index >= 15 is 0 Å². The summed E-state index contributed by atoms with van der Waals surface area (Å²) >= 11 is 0. The van der Waals surface area contributed by atoms with Gasteiger partial charge in [0, 0.05) is 5.56 Å². The van der Waals surface area contributed by atoms with Crippen molar-refractivity contribution < 1.29 is 40.2 Å². The second-order valence-electron chi connectivity index (χ2n) is 5.02. The molecule has 0 saturated heterocycles. The molecule has 0 aliphatic heterocycles. The van der Waals surface area contributed by atoms with Crippen molar-refractivity contribution >= 4 is 5.78 Å². The Bertz CT molecular complexity index is 810. The van der Waals surface area contributed by atoms with Crippen LogP contribution in [0.2, 0.25) is 0 Å². The summed E-state index contributed by atoms with van der Waals surface area (Å²) in [7, 11) is 1.24. The van der Waals surface area contributed by atoms with E-state index in [1.165, 1.54) is 13.2 Å². The van der Waals surface area contributed by atoms with E-state index in [9.17, 15) is 35.4 Å². The van der Waals surface area contributed by atoms with Gasteiger partial charge in [0.15, 0.2) is 23.6 Å². The van der Waals surface area contributed by atoms with Gasteiger partial charge in [0.05, 0.1) is 23.8 Å². The fraction of sp³-hybridized carbons (Fsp3) is 0.188. The molecule has 0 aliphatic carbocycles. The molecule has 0 unspecified atom stereocenters. The van der Waals surface area contributed by atoms with E-state index in [0.717, 1.165) is 19.1 Å². The largest absolute Gasteiger partial charge is 0.507 e. The highest BCUT2D eigenvalue weighted by atomic mass is 16.5. The van der Waals surface area contributed by atoms with E-state index in [1.807, 2.05) is 0 Å². The molecule has 0 radical (unpaired) electrons. The van der Waals surface area contributed by atoms with E-state index in [2.05, 4.69) is 0 Å². The average molecular weight is 336 g/mol. The van der Waals surface area contributed by atoms with Gasteiger partial charge >= 0.3 is 0 Å². The van der Waals surface area contributed by atoms with Crippen LogP contribution in [0.1, 0.15) is 29.1 Å². The minimum absolute atomic E-state index is 0.0516. The molecular weight excluding hydrogens is 320 g/mol. The van der Waals surface area contributed by atoms with Crippen LogP contribution in [0.3, 0.4) is 0 Å². The number of aliphatic hydroxyl groups is 2. The molecule has 0 amide bonds. The molecule has 2 aromatic rings. The van der Waals surface area contributed by atoms with Gasteiger partial charge in [-0.1, -0.05) is 0 Å². The minimum atomic E-state index is -2.14. The first-order valence-corrected chi connectivity index (χ1v) is 6.75. The molecular formula is C16H16O8. The molecule has 0 aliphatic rings. The maximum absolute atomic E-state index is 11.6.